The monoisotopic (exact) mass is 322 g/mol. The summed E-state index contributed by atoms with van der Waals surface area (Å²) in [5.41, 5.74) is 1.87. The van der Waals surface area contributed by atoms with Gasteiger partial charge in [-0.3, -0.25) is 9.97 Å². The molecular weight excluding hydrogens is 316 g/mol. The first-order valence-corrected chi connectivity index (χ1v) is 7.43. The van der Waals surface area contributed by atoms with Crippen LogP contribution in [0.3, 0.4) is 0 Å². The molecule has 0 saturated heterocycles. The summed E-state index contributed by atoms with van der Waals surface area (Å²) in [5.74, 6) is 0. The summed E-state index contributed by atoms with van der Waals surface area (Å²) >= 11 is 6.88. The molecule has 0 unspecified atom stereocenters. The highest BCUT2D eigenvalue weighted by atomic mass is 79.9. The van der Waals surface area contributed by atoms with Crippen molar-refractivity contribution in [3.8, 4) is 0 Å². The SMILES string of the molecule is Brc1cnc2c(Sc3cccs3)ccnc2c1. The Morgan fingerprint density at radius 3 is 3.00 bits per heavy atom. The van der Waals surface area contributed by atoms with Gasteiger partial charge < -0.3 is 0 Å². The molecular formula is C12H7BrN2S2. The van der Waals surface area contributed by atoms with Crippen LogP contribution in [0, 0.1) is 0 Å². The van der Waals surface area contributed by atoms with E-state index in [9.17, 15) is 0 Å². The quantitative estimate of drug-likeness (QED) is 0.689. The lowest BCUT2D eigenvalue weighted by molar-refractivity contribution is 1.27. The van der Waals surface area contributed by atoms with Gasteiger partial charge >= 0.3 is 0 Å². The average molecular weight is 323 g/mol. The molecule has 0 atom stereocenters. The first-order chi connectivity index (χ1) is 8.33. The van der Waals surface area contributed by atoms with Gasteiger partial charge in [0, 0.05) is 21.8 Å². The minimum atomic E-state index is 0.918. The Hall–Kier alpha value is -0.910. The van der Waals surface area contributed by atoms with E-state index in [2.05, 4.69) is 43.4 Å². The molecule has 17 heavy (non-hydrogen) atoms. The van der Waals surface area contributed by atoms with Crippen molar-refractivity contribution in [2.45, 2.75) is 9.10 Å². The number of hydrogen-bond donors (Lipinski definition) is 0. The van der Waals surface area contributed by atoms with Crippen LogP contribution in [-0.2, 0) is 0 Å². The molecule has 0 aliphatic rings. The van der Waals surface area contributed by atoms with Crippen molar-refractivity contribution >= 4 is 50.1 Å². The lowest BCUT2D eigenvalue weighted by atomic mass is 10.3. The summed E-state index contributed by atoms with van der Waals surface area (Å²) in [5, 5.41) is 2.08. The highest BCUT2D eigenvalue weighted by Crippen LogP contribution is 2.34. The summed E-state index contributed by atoms with van der Waals surface area (Å²) in [4.78, 5) is 9.91. The summed E-state index contributed by atoms with van der Waals surface area (Å²) in [6.45, 7) is 0. The molecule has 0 fully saturated rings. The maximum Gasteiger partial charge on any atom is 0.103 e. The third-order valence-corrected chi connectivity index (χ3v) is 4.73. The molecule has 0 aliphatic heterocycles. The molecule has 0 bridgehead atoms. The molecule has 2 nitrogen and oxygen atoms in total. The zero-order chi connectivity index (χ0) is 11.7. The summed E-state index contributed by atoms with van der Waals surface area (Å²) in [6, 6.07) is 8.16. The molecule has 3 heterocycles. The van der Waals surface area contributed by atoms with Crippen LogP contribution in [-0.4, -0.2) is 9.97 Å². The van der Waals surface area contributed by atoms with Gasteiger partial charge in [0.1, 0.15) is 5.52 Å². The van der Waals surface area contributed by atoms with Crippen LogP contribution in [0.15, 0.2) is 55.6 Å². The predicted molar refractivity (Wildman–Crippen MR) is 75.7 cm³/mol. The van der Waals surface area contributed by atoms with Crippen LogP contribution in [0.2, 0.25) is 0 Å². The van der Waals surface area contributed by atoms with E-state index in [4.69, 9.17) is 0 Å². The zero-order valence-corrected chi connectivity index (χ0v) is 11.8. The smallest absolute Gasteiger partial charge is 0.103 e. The molecule has 84 valence electrons. The molecule has 0 radical (unpaired) electrons. The van der Waals surface area contributed by atoms with Crippen molar-refractivity contribution < 1.29 is 0 Å². The highest BCUT2D eigenvalue weighted by molar-refractivity contribution is 9.10. The lowest BCUT2D eigenvalue weighted by Gasteiger charge is -2.03. The molecule has 0 N–H and O–H groups in total. The molecule has 0 saturated carbocycles. The van der Waals surface area contributed by atoms with Gasteiger partial charge in [-0.05, 0) is 39.5 Å². The molecule has 0 amide bonds. The van der Waals surface area contributed by atoms with Crippen LogP contribution in [0.1, 0.15) is 0 Å². The highest BCUT2D eigenvalue weighted by Gasteiger charge is 2.06. The van der Waals surface area contributed by atoms with Gasteiger partial charge in [-0.25, -0.2) is 0 Å². The van der Waals surface area contributed by atoms with Crippen LogP contribution in [0.5, 0.6) is 0 Å². The first kappa shape index (κ1) is 11.2. The van der Waals surface area contributed by atoms with Crippen molar-refractivity contribution in [2.24, 2.45) is 0 Å². The van der Waals surface area contributed by atoms with Crippen molar-refractivity contribution in [1.29, 1.82) is 0 Å². The van der Waals surface area contributed by atoms with Crippen molar-refractivity contribution in [2.75, 3.05) is 0 Å². The van der Waals surface area contributed by atoms with Gasteiger partial charge in [-0.1, -0.05) is 17.8 Å². The third-order valence-electron chi connectivity index (χ3n) is 2.21. The molecule has 3 aromatic heterocycles. The number of nitrogens with zero attached hydrogens (tertiary/aromatic N) is 2. The minimum absolute atomic E-state index is 0.918. The number of rotatable bonds is 2. The maximum absolute atomic E-state index is 4.44. The van der Waals surface area contributed by atoms with Gasteiger partial charge in [-0.15, -0.1) is 11.3 Å². The van der Waals surface area contributed by atoms with Crippen molar-refractivity contribution in [3.63, 3.8) is 0 Å². The third kappa shape index (κ3) is 2.36. The van der Waals surface area contributed by atoms with Crippen LogP contribution in [0.25, 0.3) is 11.0 Å². The van der Waals surface area contributed by atoms with E-state index in [1.165, 1.54) is 4.21 Å². The summed E-state index contributed by atoms with van der Waals surface area (Å²) in [6.07, 6.45) is 3.63. The zero-order valence-electron chi connectivity index (χ0n) is 8.63. The molecule has 3 aromatic rings. The fourth-order valence-electron chi connectivity index (χ4n) is 1.49. The Morgan fingerprint density at radius 2 is 2.18 bits per heavy atom. The van der Waals surface area contributed by atoms with Crippen molar-refractivity contribution in [1.82, 2.24) is 9.97 Å². The molecule has 0 spiro atoms. The number of aromatic nitrogens is 2. The fourth-order valence-corrected chi connectivity index (χ4v) is 3.64. The van der Waals surface area contributed by atoms with Gasteiger partial charge in [-0.2, -0.15) is 0 Å². The van der Waals surface area contributed by atoms with Crippen LogP contribution < -0.4 is 0 Å². The Bertz CT molecular complexity index is 653. The number of pyridine rings is 2. The second-order valence-corrected chi connectivity index (χ2v) is 6.57. The summed E-state index contributed by atoms with van der Waals surface area (Å²) in [7, 11) is 0. The van der Waals surface area contributed by atoms with Gasteiger partial charge in [0.25, 0.3) is 0 Å². The Kier molecular flexibility index (Phi) is 3.13. The second kappa shape index (κ2) is 4.76. The van der Waals surface area contributed by atoms with Crippen LogP contribution in [0.4, 0.5) is 0 Å². The topological polar surface area (TPSA) is 25.8 Å². The van der Waals surface area contributed by atoms with E-state index in [1.54, 1.807) is 23.1 Å². The normalized spacial score (nSPS) is 10.9. The van der Waals surface area contributed by atoms with E-state index in [1.807, 2.05) is 24.5 Å². The minimum Gasteiger partial charge on any atom is -0.254 e. The molecule has 0 aliphatic carbocycles. The fraction of sp³-hybridized carbons (Fsp3) is 0. The molecule has 3 rings (SSSR count). The lowest BCUT2D eigenvalue weighted by Crippen LogP contribution is -1.85. The van der Waals surface area contributed by atoms with E-state index >= 15 is 0 Å². The Morgan fingerprint density at radius 1 is 1.24 bits per heavy atom. The maximum atomic E-state index is 4.44. The first-order valence-electron chi connectivity index (χ1n) is 4.94. The Labute approximate surface area is 115 Å². The van der Waals surface area contributed by atoms with Gasteiger partial charge in [0.05, 0.1) is 9.73 Å². The number of hydrogen-bond acceptors (Lipinski definition) is 4. The van der Waals surface area contributed by atoms with E-state index < -0.39 is 0 Å². The average Bonchev–Trinajstić information content (AvgIpc) is 2.82. The van der Waals surface area contributed by atoms with E-state index in [0.29, 0.717) is 0 Å². The Balaban J connectivity index is 2.10. The second-order valence-electron chi connectivity index (χ2n) is 3.36. The van der Waals surface area contributed by atoms with E-state index in [-0.39, 0.29) is 0 Å². The van der Waals surface area contributed by atoms with Crippen LogP contribution >= 0.6 is 39.0 Å². The summed E-state index contributed by atoms with van der Waals surface area (Å²) < 4.78 is 2.22. The largest absolute Gasteiger partial charge is 0.254 e. The number of halogens is 1. The van der Waals surface area contributed by atoms with Gasteiger partial charge in [0.2, 0.25) is 0 Å². The van der Waals surface area contributed by atoms with E-state index in [0.717, 1.165) is 20.4 Å². The predicted octanol–water partition coefficient (Wildman–Crippen LogP) is 4.61. The van der Waals surface area contributed by atoms with Crippen molar-refractivity contribution in [3.05, 3.63) is 46.5 Å². The molecule has 5 heteroatoms. The molecule has 0 aromatic carbocycles. The number of thiophene rings is 1. The number of fused-ring (bicyclic) bond motifs is 1. The van der Waals surface area contributed by atoms with Gasteiger partial charge in [0.15, 0.2) is 0 Å². The standard InChI is InChI=1S/C12H7BrN2S2/c13-8-6-9-12(15-7-8)10(3-4-14-9)17-11-2-1-5-16-11/h1-7H.